The van der Waals surface area contributed by atoms with Gasteiger partial charge in [-0.15, -0.1) is 0 Å². The molecule has 1 amide bonds. The summed E-state index contributed by atoms with van der Waals surface area (Å²) in [5.74, 6) is -1.17. The van der Waals surface area contributed by atoms with E-state index < -0.39 is 67.4 Å². The number of unbranched alkanes of at least 4 members (excludes halogenated alkanes) is 57. The molecule has 8 unspecified atom stereocenters. The number of aliphatic hydroxyl groups excluding tert-OH is 5. The second kappa shape index (κ2) is 70.0. The number of allylic oxidation sites excluding steroid dienone is 3. The van der Waals surface area contributed by atoms with E-state index in [1.807, 2.05) is 6.08 Å². The molecule has 8 atom stereocenters. The SMILES string of the molecule is CCCCCCCC/C=C/CCCCCCCCCCCCCCCCCC(=O)OC1C(OCC(NC(=O)C(O)CCCCCCCCCCCCCCCCCCCCCCCCCCCC)C(O)/C=C/CCCCCCCCCCCCC)OC(CO)C(O)C1O. The average molecular weight is 1320 g/mol. The molecule has 11 nitrogen and oxygen atoms in total. The van der Waals surface area contributed by atoms with Crippen molar-refractivity contribution >= 4 is 11.9 Å². The molecule has 11 heteroatoms. The van der Waals surface area contributed by atoms with E-state index in [2.05, 4.69) is 38.2 Å². The number of aliphatic hydroxyl groups is 5. The summed E-state index contributed by atoms with van der Waals surface area (Å²) in [6, 6.07) is -1.02. The highest BCUT2D eigenvalue weighted by Crippen LogP contribution is 2.27. The lowest BCUT2D eigenvalue weighted by Gasteiger charge is -2.41. The molecule has 1 aliphatic heterocycles. The van der Waals surface area contributed by atoms with E-state index in [0.29, 0.717) is 19.3 Å². The topological polar surface area (TPSA) is 175 Å². The third kappa shape index (κ3) is 56.7. The van der Waals surface area contributed by atoms with Crippen molar-refractivity contribution in [3.8, 4) is 0 Å². The molecular weight excluding hydrogens is 1160 g/mol. The molecule has 1 rings (SSSR count). The van der Waals surface area contributed by atoms with Crippen LogP contribution in [0.5, 0.6) is 0 Å². The Morgan fingerprint density at radius 3 is 1.04 bits per heavy atom. The lowest BCUT2D eigenvalue weighted by molar-refractivity contribution is -0.305. The summed E-state index contributed by atoms with van der Waals surface area (Å²) in [6.07, 6.45) is 76.7. The molecule has 0 aromatic carbocycles. The van der Waals surface area contributed by atoms with Crippen LogP contribution in [0.25, 0.3) is 0 Å². The summed E-state index contributed by atoms with van der Waals surface area (Å²) >= 11 is 0. The summed E-state index contributed by atoms with van der Waals surface area (Å²) in [6.45, 7) is 5.88. The van der Waals surface area contributed by atoms with Crippen LogP contribution in [0, 0.1) is 0 Å². The smallest absolute Gasteiger partial charge is 0.306 e. The van der Waals surface area contributed by atoms with Crippen molar-refractivity contribution in [2.24, 2.45) is 0 Å². The molecule has 1 heterocycles. The van der Waals surface area contributed by atoms with Crippen LogP contribution in [0.3, 0.4) is 0 Å². The van der Waals surface area contributed by atoms with Gasteiger partial charge in [-0.1, -0.05) is 392 Å². The number of hydrogen-bond acceptors (Lipinski definition) is 10. The summed E-state index contributed by atoms with van der Waals surface area (Å²) in [7, 11) is 0. The average Bonchev–Trinajstić information content (AvgIpc) is 0.843. The number of rotatable bonds is 73. The molecule has 0 bridgehead atoms. The fourth-order valence-electron chi connectivity index (χ4n) is 13.4. The Kier molecular flexibility index (Phi) is 67.1. The molecule has 93 heavy (non-hydrogen) atoms. The quantitative estimate of drug-likeness (QED) is 0.0195. The minimum absolute atomic E-state index is 0.130. The normalized spacial score (nSPS) is 17.9. The highest BCUT2D eigenvalue weighted by Gasteiger charge is 2.47. The highest BCUT2D eigenvalue weighted by molar-refractivity contribution is 5.80. The van der Waals surface area contributed by atoms with Crippen molar-refractivity contribution in [1.29, 1.82) is 0 Å². The molecule has 0 aromatic heterocycles. The second-order valence-electron chi connectivity index (χ2n) is 28.9. The van der Waals surface area contributed by atoms with Gasteiger partial charge in [0.2, 0.25) is 5.91 Å². The third-order valence-corrected chi connectivity index (χ3v) is 19.9. The van der Waals surface area contributed by atoms with E-state index in [4.69, 9.17) is 14.2 Å². The molecule has 0 aromatic rings. The van der Waals surface area contributed by atoms with Crippen molar-refractivity contribution in [3.05, 3.63) is 24.3 Å². The van der Waals surface area contributed by atoms with Crippen LogP contribution >= 0.6 is 0 Å². The van der Waals surface area contributed by atoms with Gasteiger partial charge in [-0.2, -0.15) is 0 Å². The first-order valence-corrected chi connectivity index (χ1v) is 41.1. The minimum atomic E-state index is -1.61. The number of carbonyl (C=O) groups is 2. The Morgan fingerprint density at radius 1 is 0.409 bits per heavy atom. The summed E-state index contributed by atoms with van der Waals surface area (Å²) in [4.78, 5) is 26.8. The molecule has 1 saturated heterocycles. The second-order valence-corrected chi connectivity index (χ2v) is 28.9. The van der Waals surface area contributed by atoms with Crippen molar-refractivity contribution < 1.29 is 49.3 Å². The van der Waals surface area contributed by atoms with E-state index in [1.165, 1.54) is 321 Å². The first-order chi connectivity index (χ1) is 45.7. The number of nitrogens with one attached hydrogen (secondary N) is 1. The Balaban J connectivity index is 2.48. The van der Waals surface area contributed by atoms with Gasteiger partial charge in [0.1, 0.15) is 24.4 Å². The van der Waals surface area contributed by atoms with E-state index in [1.54, 1.807) is 6.08 Å². The van der Waals surface area contributed by atoms with E-state index in [0.717, 1.165) is 57.8 Å². The fourth-order valence-corrected chi connectivity index (χ4v) is 13.4. The largest absolute Gasteiger partial charge is 0.454 e. The number of esters is 1. The summed E-state index contributed by atoms with van der Waals surface area (Å²) in [5, 5.41) is 57.5. The van der Waals surface area contributed by atoms with Gasteiger partial charge >= 0.3 is 5.97 Å². The molecule has 1 fully saturated rings. The summed E-state index contributed by atoms with van der Waals surface area (Å²) in [5.41, 5.74) is 0. The van der Waals surface area contributed by atoms with Crippen LogP contribution < -0.4 is 5.32 Å². The van der Waals surface area contributed by atoms with Crippen molar-refractivity contribution in [2.45, 2.75) is 474 Å². The van der Waals surface area contributed by atoms with E-state index in [9.17, 15) is 35.1 Å². The van der Waals surface area contributed by atoms with Gasteiger partial charge < -0.3 is 45.1 Å². The maximum Gasteiger partial charge on any atom is 0.306 e. The lowest BCUT2D eigenvalue weighted by atomic mass is 9.99. The predicted octanol–water partition coefficient (Wildman–Crippen LogP) is 22.3. The van der Waals surface area contributed by atoms with Crippen LogP contribution in [-0.2, 0) is 23.8 Å². The maximum atomic E-state index is 13.5. The molecule has 6 N–H and O–H groups in total. The first-order valence-electron chi connectivity index (χ1n) is 41.1. The van der Waals surface area contributed by atoms with Gasteiger partial charge in [-0.05, 0) is 51.4 Å². The zero-order chi connectivity index (χ0) is 67.4. The molecule has 1 aliphatic rings. The van der Waals surface area contributed by atoms with Gasteiger partial charge in [-0.25, -0.2) is 0 Å². The van der Waals surface area contributed by atoms with Gasteiger partial charge in [0.15, 0.2) is 12.4 Å². The standard InChI is InChI=1S/C82H157NO10/c1-4-7-10-13-16-19-22-25-27-29-31-33-35-37-39-40-42-44-46-48-51-54-57-60-63-66-69-75(86)81(90)83-73(74(85)68-65-62-59-56-53-50-24-21-18-15-12-9-6-3)72-91-82-80(79(89)78(88)76(71-84)92-82)93-77(87)70-67-64-61-58-55-52-49-47-45-43-41-38-36-34-32-30-28-26-23-20-17-14-11-8-5-2/h26,28,65,68,73-76,78-80,82,84-86,88-89H,4-25,27,29-64,66-67,69-72H2,1-3H3,(H,83,90)/b28-26+,68-65+. The number of hydrogen-bond donors (Lipinski definition) is 6. The molecule has 550 valence electrons. The van der Waals surface area contributed by atoms with Crippen LogP contribution in [0.15, 0.2) is 24.3 Å². The predicted molar refractivity (Wildman–Crippen MR) is 394 cm³/mol. The Hall–Kier alpha value is -1.86. The van der Waals surface area contributed by atoms with E-state index >= 15 is 0 Å². The molecule has 0 aliphatic carbocycles. The molecule has 0 spiro atoms. The van der Waals surface area contributed by atoms with Gasteiger partial charge in [0.25, 0.3) is 0 Å². The highest BCUT2D eigenvalue weighted by atomic mass is 16.7. The maximum absolute atomic E-state index is 13.5. The monoisotopic (exact) mass is 1320 g/mol. The number of carbonyl (C=O) groups excluding carboxylic acids is 2. The third-order valence-electron chi connectivity index (χ3n) is 19.9. The number of amides is 1. The van der Waals surface area contributed by atoms with Crippen LogP contribution in [0.1, 0.15) is 425 Å². The Bertz CT molecular complexity index is 1610. The first kappa shape index (κ1) is 89.2. The van der Waals surface area contributed by atoms with Crippen LogP contribution in [0.4, 0.5) is 0 Å². The molecule has 0 saturated carbocycles. The Labute approximate surface area is 575 Å². The van der Waals surface area contributed by atoms with E-state index in [-0.39, 0.29) is 13.0 Å². The molecular formula is C82H157NO10. The molecule has 0 radical (unpaired) electrons. The van der Waals surface area contributed by atoms with Crippen LogP contribution in [-0.4, -0.2) is 99.6 Å². The van der Waals surface area contributed by atoms with Crippen molar-refractivity contribution in [2.75, 3.05) is 13.2 Å². The van der Waals surface area contributed by atoms with Crippen molar-refractivity contribution in [3.63, 3.8) is 0 Å². The lowest BCUT2D eigenvalue weighted by Crippen LogP contribution is -2.61. The van der Waals surface area contributed by atoms with Crippen LogP contribution in [0.2, 0.25) is 0 Å². The Morgan fingerprint density at radius 2 is 0.710 bits per heavy atom. The van der Waals surface area contributed by atoms with Crippen molar-refractivity contribution in [1.82, 2.24) is 5.32 Å². The minimum Gasteiger partial charge on any atom is -0.454 e. The van der Waals surface area contributed by atoms with Gasteiger partial charge in [-0.3, -0.25) is 9.59 Å². The van der Waals surface area contributed by atoms with Gasteiger partial charge in [0.05, 0.1) is 25.4 Å². The zero-order valence-electron chi connectivity index (χ0n) is 61.7. The fraction of sp³-hybridized carbons (Fsp3) is 0.927. The zero-order valence-corrected chi connectivity index (χ0v) is 61.7. The summed E-state index contributed by atoms with van der Waals surface area (Å²) < 4.78 is 17.8. The number of ether oxygens (including phenoxy) is 3. The van der Waals surface area contributed by atoms with Gasteiger partial charge in [0, 0.05) is 6.42 Å².